The lowest BCUT2D eigenvalue weighted by molar-refractivity contribution is -0.138. The largest absolute Gasteiger partial charge is 0.481 e. The fourth-order valence-corrected chi connectivity index (χ4v) is 19.1. The van der Waals surface area contributed by atoms with Crippen LogP contribution in [-0.2, 0) is 14.3 Å². The first-order chi connectivity index (χ1) is 32.8. The van der Waals surface area contributed by atoms with Crippen molar-refractivity contribution >= 4 is 11.9 Å². The first-order valence-electron chi connectivity index (χ1n) is 30.3. The van der Waals surface area contributed by atoms with Gasteiger partial charge in [-0.15, -0.1) is 0 Å². The number of hydrogen-bond acceptors (Lipinski definition) is 3. The topological polar surface area (TPSA) is 83.8 Å². The SMILES string of the molecule is CC(C)CCC[C@@H](C)[C@H]1CCC2C3CC=C4CC(OC5CC[C@@]6(C)C(=CCC7C6CC[C@@]6(C)C7CC[C@@H]6[C@H](C)CCCC(C)C)C5)CC[C@]4(C)C3CC[C@@]21C.O=C(O)CCCCCCCCC(=O)O. The first kappa shape index (κ1) is 55.1. The molecule has 6 saturated carbocycles. The Kier molecular flexibility index (Phi) is 19.0. The van der Waals surface area contributed by atoms with E-state index in [9.17, 15) is 9.59 Å². The predicted molar refractivity (Wildman–Crippen MR) is 287 cm³/mol. The highest BCUT2D eigenvalue weighted by Gasteiger charge is 2.61. The lowest BCUT2D eigenvalue weighted by atomic mass is 9.46. The van der Waals surface area contributed by atoms with Crippen LogP contribution in [0.3, 0.4) is 0 Å². The normalized spacial score (nSPS) is 39.9. The van der Waals surface area contributed by atoms with Gasteiger partial charge in [-0.3, -0.25) is 9.59 Å². The summed E-state index contributed by atoms with van der Waals surface area (Å²) < 4.78 is 7.26. The van der Waals surface area contributed by atoms with Crippen LogP contribution < -0.4 is 0 Å². The molecular formula is C64H108O5. The quantitative estimate of drug-likeness (QED) is 0.0885. The Balaban J connectivity index is 0.000000437. The zero-order valence-electron chi connectivity index (χ0n) is 46.6. The molecule has 2 N–H and O–H groups in total. The minimum Gasteiger partial charge on any atom is -0.481 e. The molecule has 5 nitrogen and oxygen atoms in total. The van der Waals surface area contributed by atoms with Crippen LogP contribution >= 0.6 is 0 Å². The summed E-state index contributed by atoms with van der Waals surface area (Å²) in [7, 11) is 0. The van der Waals surface area contributed by atoms with Crippen LogP contribution in [0.15, 0.2) is 23.3 Å². The molecule has 0 aromatic rings. The van der Waals surface area contributed by atoms with Gasteiger partial charge in [0.05, 0.1) is 12.2 Å². The Hall–Kier alpha value is -1.62. The third-order valence-corrected chi connectivity index (χ3v) is 22.9. The molecule has 0 heterocycles. The first-order valence-corrected chi connectivity index (χ1v) is 30.3. The molecule has 0 aromatic heterocycles. The van der Waals surface area contributed by atoms with Crippen LogP contribution in [0.5, 0.6) is 0 Å². The van der Waals surface area contributed by atoms with E-state index in [0.29, 0.717) is 33.9 Å². The number of fused-ring (bicyclic) bond motifs is 10. The van der Waals surface area contributed by atoms with Gasteiger partial charge >= 0.3 is 11.9 Å². The number of ether oxygens (including phenoxy) is 1. The molecule has 0 saturated heterocycles. The Morgan fingerprint density at radius 2 is 0.899 bits per heavy atom. The van der Waals surface area contributed by atoms with Gasteiger partial charge in [0.15, 0.2) is 0 Å². The van der Waals surface area contributed by atoms with E-state index in [4.69, 9.17) is 14.9 Å². The number of allylic oxidation sites excluding steroid dienone is 2. The molecule has 0 bridgehead atoms. The average molecular weight is 958 g/mol. The smallest absolute Gasteiger partial charge is 0.303 e. The molecule has 0 radical (unpaired) electrons. The number of aliphatic carboxylic acids is 2. The highest BCUT2D eigenvalue weighted by molar-refractivity contribution is 5.66. The van der Waals surface area contributed by atoms with Crippen LogP contribution in [0.2, 0.25) is 0 Å². The molecular weight excluding hydrogens is 849 g/mol. The second-order valence-electron chi connectivity index (χ2n) is 27.9. The van der Waals surface area contributed by atoms with E-state index in [1.165, 1.54) is 141 Å². The number of carboxylic acids is 2. The molecule has 8 rings (SSSR count). The molecule has 0 amide bonds. The van der Waals surface area contributed by atoms with Gasteiger partial charge in [0.25, 0.3) is 0 Å². The molecule has 0 aromatic carbocycles. The molecule has 16 atom stereocenters. The van der Waals surface area contributed by atoms with Crippen molar-refractivity contribution in [1.29, 1.82) is 0 Å². The number of carbonyl (C=O) groups is 2. The van der Waals surface area contributed by atoms with Gasteiger partial charge in [0.1, 0.15) is 0 Å². The molecule has 8 aliphatic rings. The summed E-state index contributed by atoms with van der Waals surface area (Å²) in [5.74, 6) is 9.58. The van der Waals surface area contributed by atoms with Crippen molar-refractivity contribution in [1.82, 2.24) is 0 Å². The zero-order valence-corrected chi connectivity index (χ0v) is 46.6. The Morgan fingerprint density at radius 1 is 0.507 bits per heavy atom. The summed E-state index contributed by atoms with van der Waals surface area (Å²) in [5, 5.41) is 16.7. The van der Waals surface area contributed by atoms with Gasteiger partial charge in [-0.05, 0) is 208 Å². The van der Waals surface area contributed by atoms with E-state index in [2.05, 4.69) is 81.4 Å². The Labute approximate surface area is 424 Å². The van der Waals surface area contributed by atoms with Crippen molar-refractivity contribution in [3.8, 4) is 0 Å². The number of rotatable bonds is 21. The van der Waals surface area contributed by atoms with Crippen LogP contribution in [0, 0.1) is 92.7 Å². The fraction of sp³-hybridized carbons (Fsp3) is 0.906. The molecule has 69 heavy (non-hydrogen) atoms. The summed E-state index contributed by atoms with van der Waals surface area (Å²) in [5.41, 5.74) is 5.67. The number of carboxylic acid groups (broad SMARTS) is 2. The maximum Gasteiger partial charge on any atom is 0.303 e. The van der Waals surface area contributed by atoms with Gasteiger partial charge in [0, 0.05) is 12.8 Å². The molecule has 0 aliphatic heterocycles. The second-order valence-corrected chi connectivity index (χ2v) is 27.9. The lowest BCUT2D eigenvalue weighted by Gasteiger charge is -2.59. The summed E-state index contributed by atoms with van der Waals surface area (Å²) in [4.78, 5) is 20.3. The van der Waals surface area contributed by atoms with E-state index in [1.54, 1.807) is 0 Å². The number of unbranched alkanes of at least 4 members (excludes halogenated alkanes) is 5. The fourth-order valence-electron chi connectivity index (χ4n) is 19.1. The van der Waals surface area contributed by atoms with Crippen LogP contribution in [0.25, 0.3) is 0 Å². The summed E-state index contributed by atoms with van der Waals surface area (Å²) in [6.45, 7) is 25.9. The third kappa shape index (κ3) is 12.3. The standard InChI is InChI=1S/C54H90O.C10H18O4/c1-35(2)13-11-15-37(5)45-21-23-47-43-19-17-39-33-41(25-29-51(39,7)49(43)27-31-53(45,47)9)55-42-26-30-52(8)40(34-42)18-20-44-48-24-22-46(38(6)16-12-14-36(3)4)54(48,10)32-28-50(44)52;11-9(12)7-5-3-1-2-4-6-8-10(13)14/h17-18,35-38,41-50H,11-16,19-34H2,1-10H3;1-8H2,(H,11,12)(H,13,14)/t37-,38-,41?,42?,43?,44?,45-,46-,47?,48?,49?,50?,51+,52+,53-,54-;/m1./s1. The molecule has 394 valence electrons. The van der Waals surface area contributed by atoms with Crippen molar-refractivity contribution in [2.45, 2.75) is 274 Å². The molecule has 5 heteroatoms. The summed E-state index contributed by atoms with van der Waals surface area (Å²) in [6.07, 6.45) is 43.5. The van der Waals surface area contributed by atoms with Crippen molar-refractivity contribution in [2.24, 2.45) is 92.7 Å². The summed E-state index contributed by atoms with van der Waals surface area (Å²) >= 11 is 0. The van der Waals surface area contributed by atoms with E-state index >= 15 is 0 Å². The highest BCUT2D eigenvalue weighted by Crippen LogP contribution is 2.69. The van der Waals surface area contributed by atoms with Crippen molar-refractivity contribution < 1.29 is 24.5 Å². The average Bonchev–Trinajstić information content (AvgIpc) is 3.84. The lowest BCUT2D eigenvalue weighted by Crippen LogP contribution is -2.52. The van der Waals surface area contributed by atoms with Gasteiger partial charge in [0.2, 0.25) is 0 Å². The number of hydrogen-bond donors (Lipinski definition) is 2. The van der Waals surface area contributed by atoms with Crippen molar-refractivity contribution in [3.05, 3.63) is 23.3 Å². The molecule has 0 spiro atoms. The van der Waals surface area contributed by atoms with Gasteiger partial charge < -0.3 is 14.9 Å². The van der Waals surface area contributed by atoms with Crippen LogP contribution in [-0.4, -0.2) is 34.4 Å². The monoisotopic (exact) mass is 957 g/mol. The predicted octanol–water partition coefficient (Wildman–Crippen LogP) is 18.1. The van der Waals surface area contributed by atoms with Crippen molar-refractivity contribution in [2.75, 3.05) is 0 Å². The van der Waals surface area contributed by atoms with Gasteiger partial charge in [-0.25, -0.2) is 0 Å². The summed E-state index contributed by atoms with van der Waals surface area (Å²) in [6, 6.07) is 0. The maximum absolute atomic E-state index is 10.1. The Morgan fingerprint density at radius 3 is 1.28 bits per heavy atom. The van der Waals surface area contributed by atoms with E-state index in [1.807, 2.05) is 11.1 Å². The third-order valence-electron chi connectivity index (χ3n) is 22.9. The van der Waals surface area contributed by atoms with E-state index in [-0.39, 0.29) is 12.8 Å². The minimum absolute atomic E-state index is 0.245. The molecule has 8 unspecified atom stereocenters. The van der Waals surface area contributed by atoms with Crippen LogP contribution in [0.4, 0.5) is 0 Å². The van der Waals surface area contributed by atoms with Gasteiger partial charge in [-0.2, -0.15) is 0 Å². The zero-order chi connectivity index (χ0) is 49.7. The van der Waals surface area contributed by atoms with Crippen molar-refractivity contribution in [3.63, 3.8) is 0 Å². The minimum atomic E-state index is -0.740. The van der Waals surface area contributed by atoms with E-state index < -0.39 is 11.9 Å². The molecule has 8 aliphatic carbocycles. The van der Waals surface area contributed by atoms with Gasteiger partial charge in [-0.1, -0.05) is 157 Å². The molecule has 6 fully saturated rings. The maximum atomic E-state index is 10.1. The van der Waals surface area contributed by atoms with Crippen LogP contribution in [0.1, 0.15) is 262 Å². The van der Waals surface area contributed by atoms with E-state index in [0.717, 1.165) is 110 Å². The second kappa shape index (κ2) is 23.7. The highest BCUT2D eigenvalue weighted by atomic mass is 16.5. The Bertz CT molecular complexity index is 1620.